The van der Waals surface area contributed by atoms with Crippen LogP contribution in [0.3, 0.4) is 0 Å². The fourth-order valence-corrected chi connectivity index (χ4v) is 13.3. The van der Waals surface area contributed by atoms with Crippen LogP contribution in [0.15, 0.2) is 97.1 Å². The van der Waals surface area contributed by atoms with Gasteiger partial charge in [0.05, 0.1) is 0 Å². The van der Waals surface area contributed by atoms with Crippen molar-refractivity contribution in [1.29, 1.82) is 0 Å². The van der Waals surface area contributed by atoms with Gasteiger partial charge in [0.2, 0.25) is 0 Å². The van der Waals surface area contributed by atoms with E-state index < -0.39 is 7.35 Å². The molecule has 2 heterocycles. The van der Waals surface area contributed by atoms with Crippen LogP contribution in [0.2, 0.25) is 6.55 Å². The van der Waals surface area contributed by atoms with Crippen LogP contribution in [0.5, 0.6) is 0 Å². The summed E-state index contributed by atoms with van der Waals surface area (Å²) < 4.78 is 0. The molecule has 0 saturated heterocycles. The molecule has 0 saturated carbocycles. The summed E-state index contributed by atoms with van der Waals surface area (Å²) in [5, 5.41) is 6.19. The number of hydrogen-bond donors (Lipinski definition) is 0. The average Bonchev–Trinajstić information content (AvgIpc) is 3.11. The molecule has 0 nitrogen and oxygen atoms in total. The van der Waals surface area contributed by atoms with Gasteiger partial charge in [0.1, 0.15) is 0 Å². The second-order valence-electron chi connectivity index (χ2n) is 7.93. The van der Waals surface area contributed by atoms with Gasteiger partial charge in [-0.3, -0.25) is 0 Å². The Morgan fingerprint density at radius 3 is 0.885 bits per heavy atom. The molecule has 26 heavy (non-hydrogen) atoms. The Hall–Kier alpha value is -2.90. The summed E-state index contributed by atoms with van der Waals surface area (Å²) in [5.74, 6) is 0. The molecule has 0 unspecified atom stereocenters. The zero-order valence-corrected chi connectivity index (χ0v) is 15.7. The van der Waals surface area contributed by atoms with Gasteiger partial charge in [-0.1, -0.05) is 0 Å². The van der Waals surface area contributed by atoms with E-state index in [0.29, 0.717) is 0 Å². The van der Waals surface area contributed by atoms with Crippen LogP contribution in [0, 0.1) is 0 Å². The van der Waals surface area contributed by atoms with E-state index in [-0.39, 0.29) is 0 Å². The van der Waals surface area contributed by atoms with Crippen molar-refractivity contribution in [3.63, 3.8) is 0 Å². The van der Waals surface area contributed by atoms with Gasteiger partial charge < -0.3 is 0 Å². The van der Waals surface area contributed by atoms with Crippen molar-refractivity contribution >= 4 is 28.1 Å². The molecule has 4 aromatic carbocycles. The van der Waals surface area contributed by atoms with Gasteiger partial charge in [0.15, 0.2) is 0 Å². The third-order valence-electron chi connectivity index (χ3n) is 6.98. The third-order valence-corrected chi connectivity index (χ3v) is 14.1. The Morgan fingerprint density at radius 1 is 0.385 bits per heavy atom. The topological polar surface area (TPSA) is 0 Å². The molecule has 124 valence electrons. The summed E-state index contributed by atoms with van der Waals surface area (Å²) in [7, 11) is -3.01. The van der Waals surface area contributed by atoms with Crippen molar-refractivity contribution in [3.05, 3.63) is 97.1 Å². The van der Waals surface area contributed by atoms with Crippen LogP contribution in [0.25, 0.3) is 22.3 Å². The van der Waals surface area contributed by atoms with Crippen LogP contribution >= 0.6 is 0 Å². The maximum atomic E-state index is 2.59. The Balaban J connectivity index is 1.95. The first-order chi connectivity index (χ1) is 12.7. The molecular formula is C25H19Si-. The zero-order chi connectivity index (χ0) is 17.4. The first-order valence-corrected chi connectivity index (χ1v) is 12.3. The van der Waals surface area contributed by atoms with E-state index in [1.807, 2.05) is 0 Å². The Labute approximate surface area is 154 Å². The van der Waals surface area contributed by atoms with Gasteiger partial charge in [0, 0.05) is 0 Å². The molecule has 0 fully saturated rings. The van der Waals surface area contributed by atoms with Crippen LogP contribution in [0.1, 0.15) is 0 Å². The molecule has 4 aromatic rings. The zero-order valence-electron chi connectivity index (χ0n) is 14.7. The normalized spacial score (nSPS) is 18.3. The molecule has 1 heteroatoms. The van der Waals surface area contributed by atoms with E-state index in [0.717, 1.165) is 0 Å². The fourth-order valence-electron chi connectivity index (χ4n) is 5.92. The summed E-state index contributed by atoms with van der Waals surface area (Å²) in [4.78, 5) is 0. The van der Waals surface area contributed by atoms with Crippen molar-refractivity contribution in [2.45, 2.75) is 6.55 Å². The maximum absolute atomic E-state index is 3.01. The number of hydrogen-bond acceptors (Lipinski definition) is 0. The van der Waals surface area contributed by atoms with Gasteiger partial charge in [-0.05, 0) is 0 Å². The fraction of sp³-hybridized carbons (Fsp3) is 0.0400. The minimum absolute atomic E-state index is 1.42. The molecular weight excluding hydrogens is 328 g/mol. The molecule has 0 bridgehead atoms. The minimum atomic E-state index is -3.01. The molecule has 1 spiro atoms. The first kappa shape index (κ1) is 14.3. The summed E-state index contributed by atoms with van der Waals surface area (Å²) >= 11 is 0. The Bertz CT molecular complexity index is 1020. The Kier molecular flexibility index (Phi) is 2.44. The van der Waals surface area contributed by atoms with Crippen LogP contribution in [-0.2, 0) is 0 Å². The quantitative estimate of drug-likeness (QED) is 0.426. The van der Waals surface area contributed by atoms with Gasteiger partial charge in [-0.25, -0.2) is 0 Å². The first-order valence-electron chi connectivity index (χ1n) is 9.31. The van der Waals surface area contributed by atoms with E-state index in [1.165, 1.54) is 22.3 Å². The van der Waals surface area contributed by atoms with Gasteiger partial charge in [0.25, 0.3) is 0 Å². The molecule has 2 aliphatic rings. The second kappa shape index (κ2) is 4.43. The van der Waals surface area contributed by atoms with Crippen molar-refractivity contribution in [3.8, 4) is 22.3 Å². The van der Waals surface area contributed by atoms with E-state index in [1.54, 1.807) is 20.7 Å². The summed E-state index contributed by atoms with van der Waals surface area (Å²) in [6, 6.07) is 36.4. The summed E-state index contributed by atoms with van der Waals surface area (Å²) in [6.45, 7) is 2.59. The second-order valence-corrected chi connectivity index (χ2v) is 13.6. The predicted octanol–water partition coefficient (Wildman–Crippen LogP) is 3.61. The van der Waals surface area contributed by atoms with Crippen LogP contribution in [-0.4, -0.2) is 7.35 Å². The molecule has 0 N–H and O–H groups in total. The number of benzene rings is 4. The van der Waals surface area contributed by atoms with E-state index in [2.05, 4.69) is 104 Å². The molecule has 0 radical (unpaired) electrons. The number of fused-ring (bicyclic) bond motifs is 10. The van der Waals surface area contributed by atoms with E-state index in [4.69, 9.17) is 0 Å². The van der Waals surface area contributed by atoms with Gasteiger partial charge in [-0.2, -0.15) is 0 Å². The van der Waals surface area contributed by atoms with Crippen LogP contribution in [0.4, 0.5) is 0 Å². The Morgan fingerprint density at radius 2 is 0.615 bits per heavy atom. The summed E-state index contributed by atoms with van der Waals surface area (Å²) in [5.41, 5.74) is 5.69. The van der Waals surface area contributed by atoms with Crippen molar-refractivity contribution in [1.82, 2.24) is 0 Å². The van der Waals surface area contributed by atoms with E-state index in [9.17, 15) is 0 Å². The molecule has 0 amide bonds. The number of rotatable bonds is 0. The molecule has 0 aromatic heterocycles. The van der Waals surface area contributed by atoms with Gasteiger partial charge >= 0.3 is 154 Å². The van der Waals surface area contributed by atoms with Crippen molar-refractivity contribution < 1.29 is 0 Å². The molecule has 0 aliphatic carbocycles. The molecule has 2 aliphatic heterocycles. The standard InChI is InChI=1S/C25H19Si/c1-26(22-14-6-2-10-18(22)19-11-3-7-15-23(19)26)24-16-8-4-12-20(24)21-13-5-9-17-25(21)26/h2-17H,1H3/q-1. The van der Waals surface area contributed by atoms with E-state index >= 15 is 0 Å². The molecule has 0 atom stereocenters. The van der Waals surface area contributed by atoms with Crippen molar-refractivity contribution in [2.24, 2.45) is 0 Å². The molecule has 6 rings (SSSR count). The average molecular weight is 348 g/mol. The van der Waals surface area contributed by atoms with Crippen LogP contribution < -0.4 is 20.7 Å². The van der Waals surface area contributed by atoms with Crippen molar-refractivity contribution in [2.75, 3.05) is 0 Å². The predicted molar refractivity (Wildman–Crippen MR) is 114 cm³/mol. The monoisotopic (exact) mass is 347 g/mol. The SMILES string of the molecule is C[Si-]12(c3ccccc3-c3ccccc31)c1ccccc1-c1ccccc12. The van der Waals surface area contributed by atoms with Gasteiger partial charge in [-0.15, -0.1) is 0 Å². The summed E-state index contributed by atoms with van der Waals surface area (Å²) in [6.07, 6.45) is 0. The third kappa shape index (κ3) is 1.30.